The fraction of sp³-hybridized carbons (Fsp3) is 0.417. The van der Waals surface area contributed by atoms with E-state index in [9.17, 15) is 4.79 Å². The van der Waals surface area contributed by atoms with Gasteiger partial charge in [0.2, 0.25) is 0 Å². The van der Waals surface area contributed by atoms with Gasteiger partial charge in [-0.05, 0) is 32.3 Å². The van der Waals surface area contributed by atoms with Crippen LogP contribution in [-0.2, 0) is 10.5 Å². The average Bonchev–Trinajstić information content (AvgIpc) is 2.69. The fourth-order valence-electron chi connectivity index (χ4n) is 1.13. The number of carbonyl (C=O) groups is 1. The lowest BCUT2D eigenvalue weighted by atomic mass is 10.4. The number of rotatable bonds is 7. The van der Waals surface area contributed by atoms with Gasteiger partial charge in [0.05, 0.1) is 0 Å². The van der Waals surface area contributed by atoms with E-state index in [2.05, 4.69) is 25.1 Å². The zero-order valence-corrected chi connectivity index (χ0v) is 11.7. The van der Waals surface area contributed by atoms with Gasteiger partial charge >= 0.3 is 5.97 Å². The number of carboxylic acid groups (broad SMARTS) is 1. The van der Waals surface area contributed by atoms with Crippen molar-refractivity contribution < 1.29 is 9.90 Å². The van der Waals surface area contributed by atoms with Crippen molar-refractivity contribution in [1.29, 1.82) is 0 Å². The predicted octanol–water partition coefficient (Wildman–Crippen LogP) is 2.64. The van der Waals surface area contributed by atoms with Gasteiger partial charge < -0.3 is 10.0 Å². The van der Waals surface area contributed by atoms with E-state index in [1.54, 1.807) is 17.4 Å². The lowest BCUT2D eigenvalue weighted by molar-refractivity contribution is -0.131. The minimum atomic E-state index is -0.902. The van der Waals surface area contributed by atoms with Crippen LogP contribution in [-0.4, -0.2) is 42.4 Å². The maximum atomic E-state index is 10.4. The van der Waals surface area contributed by atoms with Crippen LogP contribution in [0.1, 0.15) is 9.75 Å². The molecule has 0 spiro atoms. The topological polar surface area (TPSA) is 40.5 Å². The summed E-state index contributed by atoms with van der Waals surface area (Å²) in [5.41, 5.74) is 0. The molecule has 5 heteroatoms. The van der Waals surface area contributed by atoms with E-state index in [0.717, 1.165) is 22.9 Å². The molecular weight excluding hydrogens is 254 g/mol. The second-order valence-electron chi connectivity index (χ2n) is 3.83. The molecule has 0 saturated heterocycles. The highest BCUT2D eigenvalue weighted by atomic mass is 32.2. The van der Waals surface area contributed by atoms with E-state index in [-0.39, 0.29) is 0 Å². The van der Waals surface area contributed by atoms with Crippen molar-refractivity contribution in [2.45, 2.75) is 5.75 Å². The van der Waals surface area contributed by atoms with Gasteiger partial charge in [-0.25, -0.2) is 4.79 Å². The van der Waals surface area contributed by atoms with Crippen LogP contribution in [0.4, 0.5) is 0 Å². The Bertz CT molecular complexity index is 386. The molecule has 0 amide bonds. The molecule has 0 atom stereocenters. The smallest absolute Gasteiger partial charge is 0.328 e. The summed E-state index contributed by atoms with van der Waals surface area (Å²) in [6, 6.07) is 4.03. The minimum absolute atomic E-state index is 0.902. The summed E-state index contributed by atoms with van der Waals surface area (Å²) in [5.74, 6) is 1.21. The van der Waals surface area contributed by atoms with Crippen LogP contribution in [0.25, 0.3) is 6.08 Å². The Kier molecular flexibility index (Phi) is 6.32. The van der Waals surface area contributed by atoms with Gasteiger partial charge in [0, 0.05) is 33.9 Å². The van der Waals surface area contributed by atoms with Crippen molar-refractivity contribution in [3.63, 3.8) is 0 Å². The molecule has 0 bridgehead atoms. The number of nitrogens with zero attached hydrogens (tertiary/aromatic N) is 1. The van der Waals surface area contributed by atoms with Crippen LogP contribution < -0.4 is 0 Å². The van der Waals surface area contributed by atoms with Crippen LogP contribution in [0.2, 0.25) is 0 Å². The van der Waals surface area contributed by atoms with Crippen LogP contribution in [0, 0.1) is 0 Å². The second kappa shape index (κ2) is 7.53. The van der Waals surface area contributed by atoms with Crippen LogP contribution >= 0.6 is 23.1 Å². The van der Waals surface area contributed by atoms with Crippen LogP contribution in [0.3, 0.4) is 0 Å². The van der Waals surface area contributed by atoms with Crippen molar-refractivity contribution in [2.24, 2.45) is 0 Å². The quantitative estimate of drug-likeness (QED) is 0.611. The lowest BCUT2D eigenvalue weighted by Gasteiger charge is -2.07. The van der Waals surface area contributed by atoms with Crippen molar-refractivity contribution in [2.75, 3.05) is 26.4 Å². The summed E-state index contributed by atoms with van der Waals surface area (Å²) < 4.78 is 0. The largest absolute Gasteiger partial charge is 0.478 e. The summed E-state index contributed by atoms with van der Waals surface area (Å²) in [6.07, 6.45) is 2.82. The molecular formula is C12H17NO2S2. The minimum Gasteiger partial charge on any atom is -0.478 e. The predicted molar refractivity (Wildman–Crippen MR) is 75.7 cm³/mol. The van der Waals surface area contributed by atoms with Crippen molar-refractivity contribution in [1.82, 2.24) is 4.90 Å². The van der Waals surface area contributed by atoms with Crippen molar-refractivity contribution in [3.8, 4) is 0 Å². The normalized spacial score (nSPS) is 11.5. The van der Waals surface area contributed by atoms with Gasteiger partial charge in [0.15, 0.2) is 0 Å². The Hall–Kier alpha value is -0.780. The molecule has 0 aliphatic carbocycles. The zero-order chi connectivity index (χ0) is 12.7. The van der Waals surface area contributed by atoms with E-state index in [0.29, 0.717) is 0 Å². The van der Waals surface area contributed by atoms with Gasteiger partial charge in [-0.15, -0.1) is 11.3 Å². The molecule has 3 nitrogen and oxygen atoms in total. The van der Waals surface area contributed by atoms with Crippen LogP contribution in [0.5, 0.6) is 0 Å². The monoisotopic (exact) mass is 271 g/mol. The molecule has 94 valence electrons. The fourth-order valence-corrected chi connectivity index (χ4v) is 3.27. The van der Waals surface area contributed by atoms with Crippen molar-refractivity contribution in [3.05, 3.63) is 28.0 Å². The zero-order valence-electron chi connectivity index (χ0n) is 10.0. The maximum Gasteiger partial charge on any atom is 0.328 e. The molecule has 0 saturated carbocycles. The number of carboxylic acids is 1. The molecule has 0 aliphatic rings. The Morgan fingerprint density at radius 2 is 2.29 bits per heavy atom. The summed E-state index contributed by atoms with van der Waals surface area (Å²) in [4.78, 5) is 14.8. The molecule has 17 heavy (non-hydrogen) atoms. The van der Waals surface area contributed by atoms with E-state index in [1.807, 2.05) is 17.8 Å². The van der Waals surface area contributed by atoms with E-state index in [1.165, 1.54) is 11.0 Å². The molecule has 1 rings (SSSR count). The summed E-state index contributed by atoms with van der Waals surface area (Å²) in [5, 5.41) is 8.52. The number of thioether (sulfide) groups is 1. The Labute approximate surface area is 110 Å². The summed E-state index contributed by atoms with van der Waals surface area (Å²) >= 11 is 3.55. The number of hydrogen-bond acceptors (Lipinski definition) is 4. The molecule has 0 unspecified atom stereocenters. The first-order valence-electron chi connectivity index (χ1n) is 5.30. The first-order valence-corrected chi connectivity index (χ1v) is 7.27. The maximum absolute atomic E-state index is 10.4. The average molecular weight is 271 g/mol. The Morgan fingerprint density at radius 3 is 2.94 bits per heavy atom. The molecule has 0 aromatic carbocycles. The Morgan fingerprint density at radius 1 is 1.53 bits per heavy atom. The standard InChI is InChI=1S/C12H17NO2S2/c1-13(2)7-8-16-9-11-4-3-10(17-11)5-6-12(14)15/h3-6H,7-9H2,1-2H3,(H,14,15). The third-order valence-corrected chi connectivity index (χ3v) is 4.22. The van der Waals surface area contributed by atoms with Gasteiger partial charge in [-0.1, -0.05) is 0 Å². The molecule has 0 fully saturated rings. The molecule has 1 heterocycles. The van der Waals surface area contributed by atoms with E-state index >= 15 is 0 Å². The molecule has 0 aliphatic heterocycles. The highest BCUT2D eigenvalue weighted by Crippen LogP contribution is 2.22. The summed E-state index contributed by atoms with van der Waals surface area (Å²) in [7, 11) is 4.14. The van der Waals surface area contributed by atoms with Gasteiger partial charge in [0.25, 0.3) is 0 Å². The molecule has 0 radical (unpaired) electrons. The third kappa shape index (κ3) is 6.51. The second-order valence-corrected chi connectivity index (χ2v) is 6.14. The van der Waals surface area contributed by atoms with Gasteiger partial charge in [-0.2, -0.15) is 11.8 Å². The molecule has 1 aromatic heterocycles. The summed E-state index contributed by atoms with van der Waals surface area (Å²) in [6.45, 7) is 1.09. The van der Waals surface area contributed by atoms with E-state index in [4.69, 9.17) is 5.11 Å². The van der Waals surface area contributed by atoms with Gasteiger partial charge in [0.1, 0.15) is 0 Å². The first kappa shape index (κ1) is 14.3. The number of thiophene rings is 1. The van der Waals surface area contributed by atoms with Gasteiger partial charge in [-0.3, -0.25) is 0 Å². The highest BCUT2D eigenvalue weighted by Gasteiger charge is 1.99. The number of hydrogen-bond donors (Lipinski definition) is 1. The third-order valence-electron chi connectivity index (χ3n) is 2.00. The van der Waals surface area contributed by atoms with Crippen molar-refractivity contribution >= 4 is 35.1 Å². The molecule has 1 N–H and O–H groups in total. The SMILES string of the molecule is CN(C)CCSCc1ccc(C=CC(=O)O)s1. The van der Waals surface area contributed by atoms with E-state index < -0.39 is 5.97 Å². The Balaban J connectivity index is 2.33. The van der Waals surface area contributed by atoms with Crippen LogP contribution in [0.15, 0.2) is 18.2 Å². The lowest BCUT2D eigenvalue weighted by Crippen LogP contribution is -2.14. The number of aliphatic carboxylic acids is 1. The highest BCUT2D eigenvalue weighted by molar-refractivity contribution is 7.98. The first-order chi connectivity index (χ1) is 8.08. The molecule has 1 aromatic rings.